The van der Waals surface area contributed by atoms with Crippen molar-refractivity contribution in [2.24, 2.45) is 11.8 Å². The van der Waals surface area contributed by atoms with Crippen molar-refractivity contribution in [2.45, 2.75) is 38.4 Å². The van der Waals surface area contributed by atoms with Gasteiger partial charge in [0.25, 0.3) is 0 Å². The van der Waals surface area contributed by atoms with Crippen LogP contribution < -0.4 is 0 Å². The second-order valence-corrected chi connectivity index (χ2v) is 5.36. The first-order valence-electron chi connectivity index (χ1n) is 4.95. The molecule has 0 aromatic carbocycles. The van der Waals surface area contributed by atoms with Gasteiger partial charge in [0.15, 0.2) is 0 Å². The minimum atomic E-state index is -0.657. The topological polar surface area (TPSA) is 37.3 Å². The van der Waals surface area contributed by atoms with Gasteiger partial charge < -0.3 is 5.11 Å². The molecule has 0 radical (unpaired) electrons. The summed E-state index contributed by atoms with van der Waals surface area (Å²) in [5.74, 6) is 1.51. The molecule has 1 saturated carbocycles. The molecule has 0 bridgehead atoms. The fourth-order valence-electron chi connectivity index (χ4n) is 1.32. The van der Waals surface area contributed by atoms with Crippen LogP contribution in [0.25, 0.3) is 0 Å². The monoisotopic (exact) mass is 202 g/mol. The van der Waals surface area contributed by atoms with Gasteiger partial charge in [-0.3, -0.25) is 4.79 Å². The quantitative estimate of drug-likeness (QED) is 0.719. The third-order valence-electron chi connectivity index (χ3n) is 2.37. The summed E-state index contributed by atoms with van der Waals surface area (Å²) in [5.41, 5.74) is 0. The maximum absolute atomic E-state index is 10.8. The molecular formula is C10H18O2S. The van der Waals surface area contributed by atoms with E-state index in [1.165, 1.54) is 19.3 Å². The zero-order chi connectivity index (χ0) is 9.84. The van der Waals surface area contributed by atoms with E-state index in [9.17, 15) is 4.79 Å². The maximum atomic E-state index is 10.8. The summed E-state index contributed by atoms with van der Waals surface area (Å²) in [4.78, 5) is 10.8. The standard InChI is InChI=1S/C10H18O2S/c1-7(2)9(10(11)12)13-6-5-8-3-4-8/h7-9H,3-6H2,1-2H3,(H,11,12). The molecular weight excluding hydrogens is 184 g/mol. The Bertz CT molecular complexity index is 176. The van der Waals surface area contributed by atoms with Crippen LogP contribution >= 0.6 is 11.8 Å². The number of carbonyl (C=O) groups is 1. The first-order valence-corrected chi connectivity index (χ1v) is 6.00. The molecule has 0 spiro atoms. The van der Waals surface area contributed by atoms with Gasteiger partial charge in [-0.2, -0.15) is 0 Å². The number of aliphatic carboxylic acids is 1. The number of hydrogen-bond donors (Lipinski definition) is 1. The Labute approximate surface area is 84.1 Å². The Morgan fingerprint density at radius 2 is 2.15 bits per heavy atom. The van der Waals surface area contributed by atoms with Crippen LogP contribution in [0.2, 0.25) is 0 Å². The highest BCUT2D eigenvalue weighted by molar-refractivity contribution is 8.00. The first kappa shape index (κ1) is 10.9. The lowest BCUT2D eigenvalue weighted by Gasteiger charge is -2.15. The van der Waals surface area contributed by atoms with Crippen LogP contribution in [0, 0.1) is 11.8 Å². The molecule has 0 aliphatic heterocycles. The van der Waals surface area contributed by atoms with E-state index in [2.05, 4.69) is 0 Å². The van der Waals surface area contributed by atoms with Crippen molar-refractivity contribution in [2.75, 3.05) is 5.75 Å². The van der Waals surface area contributed by atoms with E-state index >= 15 is 0 Å². The zero-order valence-electron chi connectivity index (χ0n) is 8.32. The Morgan fingerprint density at radius 3 is 2.54 bits per heavy atom. The molecule has 0 aromatic rings. The zero-order valence-corrected chi connectivity index (χ0v) is 9.14. The summed E-state index contributed by atoms with van der Waals surface area (Å²) in [7, 11) is 0. The third-order valence-corrected chi connectivity index (χ3v) is 3.95. The van der Waals surface area contributed by atoms with Crippen LogP contribution in [0.1, 0.15) is 33.1 Å². The molecule has 1 aliphatic carbocycles. The van der Waals surface area contributed by atoms with Crippen molar-refractivity contribution in [1.82, 2.24) is 0 Å². The van der Waals surface area contributed by atoms with E-state index in [-0.39, 0.29) is 11.2 Å². The van der Waals surface area contributed by atoms with Gasteiger partial charge in [0, 0.05) is 0 Å². The SMILES string of the molecule is CC(C)C(SCCC1CC1)C(=O)O. The van der Waals surface area contributed by atoms with Gasteiger partial charge in [0.05, 0.1) is 0 Å². The van der Waals surface area contributed by atoms with Gasteiger partial charge in [-0.1, -0.05) is 26.7 Å². The van der Waals surface area contributed by atoms with Crippen molar-refractivity contribution in [3.8, 4) is 0 Å². The molecule has 13 heavy (non-hydrogen) atoms. The van der Waals surface area contributed by atoms with E-state index < -0.39 is 5.97 Å². The largest absolute Gasteiger partial charge is 0.480 e. The number of hydrogen-bond acceptors (Lipinski definition) is 2. The highest BCUT2D eigenvalue weighted by Gasteiger charge is 2.24. The van der Waals surface area contributed by atoms with E-state index in [0.29, 0.717) is 0 Å². The summed E-state index contributed by atoms with van der Waals surface area (Å²) in [5, 5.41) is 8.69. The van der Waals surface area contributed by atoms with E-state index in [1.54, 1.807) is 11.8 Å². The molecule has 76 valence electrons. The summed E-state index contributed by atoms with van der Waals surface area (Å²) >= 11 is 1.61. The van der Waals surface area contributed by atoms with Crippen LogP contribution in [0.15, 0.2) is 0 Å². The Morgan fingerprint density at radius 1 is 1.54 bits per heavy atom. The second-order valence-electron chi connectivity index (χ2n) is 4.11. The van der Waals surface area contributed by atoms with Crippen molar-refractivity contribution >= 4 is 17.7 Å². The average Bonchev–Trinajstić information content (AvgIpc) is 2.79. The van der Waals surface area contributed by atoms with E-state index in [1.807, 2.05) is 13.8 Å². The van der Waals surface area contributed by atoms with Crippen LogP contribution in [-0.4, -0.2) is 22.1 Å². The molecule has 1 N–H and O–H groups in total. The number of carboxylic acid groups (broad SMARTS) is 1. The van der Waals surface area contributed by atoms with Gasteiger partial charge >= 0.3 is 5.97 Å². The van der Waals surface area contributed by atoms with Gasteiger partial charge in [-0.25, -0.2) is 0 Å². The van der Waals surface area contributed by atoms with Gasteiger partial charge in [0.2, 0.25) is 0 Å². The lowest BCUT2D eigenvalue weighted by atomic mass is 10.1. The highest BCUT2D eigenvalue weighted by atomic mass is 32.2. The lowest BCUT2D eigenvalue weighted by Crippen LogP contribution is -2.22. The third kappa shape index (κ3) is 4.03. The molecule has 0 heterocycles. The first-order chi connectivity index (χ1) is 6.11. The molecule has 2 nitrogen and oxygen atoms in total. The molecule has 1 aliphatic rings. The second kappa shape index (κ2) is 4.89. The van der Waals surface area contributed by atoms with Gasteiger partial charge in [-0.05, 0) is 24.0 Å². The number of carboxylic acids is 1. The van der Waals surface area contributed by atoms with Crippen molar-refractivity contribution in [1.29, 1.82) is 0 Å². The Kier molecular flexibility index (Phi) is 4.10. The molecule has 1 fully saturated rings. The van der Waals surface area contributed by atoms with Crippen molar-refractivity contribution in [3.63, 3.8) is 0 Å². The molecule has 3 heteroatoms. The summed E-state index contributed by atoms with van der Waals surface area (Å²) in [6, 6.07) is 0. The van der Waals surface area contributed by atoms with Gasteiger partial charge in [0.1, 0.15) is 5.25 Å². The molecule has 0 saturated heterocycles. The Balaban J connectivity index is 2.16. The number of thioether (sulfide) groups is 1. The summed E-state index contributed by atoms with van der Waals surface area (Å²) < 4.78 is 0. The van der Waals surface area contributed by atoms with Gasteiger partial charge in [-0.15, -0.1) is 11.8 Å². The van der Waals surface area contributed by atoms with Crippen LogP contribution in [-0.2, 0) is 4.79 Å². The van der Waals surface area contributed by atoms with Crippen molar-refractivity contribution in [3.05, 3.63) is 0 Å². The molecule has 1 atom stereocenters. The molecule has 0 amide bonds. The highest BCUT2D eigenvalue weighted by Crippen LogP contribution is 2.34. The minimum Gasteiger partial charge on any atom is -0.480 e. The fraction of sp³-hybridized carbons (Fsp3) is 0.900. The number of rotatable bonds is 6. The minimum absolute atomic E-state index is 0.209. The Hall–Kier alpha value is -0.180. The molecule has 1 unspecified atom stereocenters. The average molecular weight is 202 g/mol. The summed E-state index contributed by atoms with van der Waals surface area (Å²) in [6.45, 7) is 3.95. The molecule has 1 rings (SSSR count). The predicted molar refractivity (Wildman–Crippen MR) is 56.1 cm³/mol. The smallest absolute Gasteiger partial charge is 0.316 e. The maximum Gasteiger partial charge on any atom is 0.316 e. The lowest BCUT2D eigenvalue weighted by molar-refractivity contribution is -0.137. The van der Waals surface area contributed by atoms with Crippen LogP contribution in [0.3, 0.4) is 0 Å². The van der Waals surface area contributed by atoms with E-state index in [4.69, 9.17) is 5.11 Å². The van der Waals surface area contributed by atoms with Crippen LogP contribution in [0.4, 0.5) is 0 Å². The normalized spacial score (nSPS) is 19.0. The van der Waals surface area contributed by atoms with Crippen molar-refractivity contribution < 1.29 is 9.90 Å². The summed E-state index contributed by atoms with van der Waals surface area (Å²) in [6.07, 6.45) is 3.93. The van der Waals surface area contributed by atoms with Crippen LogP contribution in [0.5, 0.6) is 0 Å². The predicted octanol–water partition coefficient (Wildman–Crippen LogP) is 2.63. The molecule has 0 aromatic heterocycles. The van der Waals surface area contributed by atoms with E-state index in [0.717, 1.165) is 11.7 Å². The fourth-order valence-corrected chi connectivity index (χ4v) is 2.57.